The van der Waals surface area contributed by atoms with E-state index in [1.54, 1.807) is 23.1 Å². The van der Waals surface area contributed by atoms with Crippen LogP contribution in [0, 0.1) is 5.92 Å². The van der Waals surface area contributed by atoms with Crippen LogP contribution in [0.5, 0.6) is 0 Å². The summed E-state index contributed by atoms with van der Waals surface area (Å²) < 4.78 is 6.34. The summed E-state index contributed by atoms with van der Waals surface area (Å²) in [6.07, 6.45) is 1.89. The molecule has 1 aromatic rings. The summed E-state index contributed by atoms with van der Waals surface area (Å²) in [5.41, 5.74) is 0.489. The highest BCUT2D eigenvalue weighted by atomic mass is 79.9. The van der Waals surface area contributed by atoms with Gasteiger partial charge in [0.05, 0.1) is 6.10 Å². The third-order valence-electron chi connectivity index (χ3n) is 5.03. The van der Waals surface area contributed by atoms with Crippen molar-refractivity contribution in [1.82, 2.24) is 10.2 Å². The van der Waals surface area contributed by atoms with E-state index in [4.69, 9.17) is 4.74 Å². The summed E-state index contributed by atoms with van der Waals surface area (Å²) in [5, 5.41) is 2.88. The second kappa shape index (κ2) is 8.52. The van der Waals surface area contributed by atoms with Gasteiger partial charge in [0, 0.05) is 16.6 Å². The maximum Gasteiger partial charge on any atom is 0.251 e. The number of hydrogen-bond donors (Lipinski definition) is 1. The number of carbonyl (C=O) groups excluding carboxylic acids is 3. The lowest BCUT2D eigenvalue weighted by atomic mass is 9.95. The number of rotatable bonds is 5. The number of nitrogens with one attached hydrogen (secondary N) is 1. The van der Waals surface area contributed by atoms with E-state index in [0.717, 1.165) is 17.3 Å². The molecule has 146 valence electrons. The Morgan fingerprint density at radius 3 is 2.85 bits per heavy atom. The van der Waals surface area contributed by atoms with Gasteiger partial charge in [0.2, 0.25) is 5.91 Å². The fourth-order valence-corrected chi connectivity index (χ4v) is 4.20. The van der Waals surface area contributed by atoms with Crippen LogP contribution in [0.4, 0.5) is 0 Å². The van der Waals surface area contributed by atoms with Gasteiger partial charge in [0.1, 0.15) is 18.7 Å². The zero-order chi connectivity index (χ0) is 19.6. The Morgan fingerprint density at radius 2 is 2.15 bits per heavy atom. The second-order valence-corrected chi connectivity index (χ2v) is 8.52. The smallest absolute Gasteiger partial charge is 0.251 e. The first kappa shape index (κ1) is 20.0. The number of halogens is 1. The van der Waals surface area contributed by atoms with Crippen LogP contribution in [0.15, 0.2) is 28.7 Å². The van der Waals surface area contributed by atoms with Gasteiger partial charge in [0.15, 0.2) is 5.78 Å². The number of Topliss-reactive ketones (excluding diaryl/α,β-unsaturated/α-hetero) is 1. The number of likely N-dealkylation sites (tertiary alicyclic amines) is 1. The summed E-state index contributed by atoms with van der Waals surface area (Å²) in [7, 11) is 0. The van der Waals surface area contributed by atoms with Gasteiger partial charge < -0.3 is 15.0 Å². The van der Waals surface area contributed by atoms with Crippen LogP contribution in [0.3, 0.4) is 0 Å². The number of nitrogens with zero attached hydrogens (tertiary/aromatic N) is 1. The van der Waals surface area contributed by atoms with Crippen LogP contribution < -0.4 is 5.32 Å². The van der Waals surface area contributed by atoms with Crippen molar-refractivity contribution in [2.45, 2.75) is 51.3 Å². The second-order valence-electron chi connectivity index (χ2n) is 7.60. The molecule has 3 unspecified atom stereocenters. The van der Waals surface area contributed by atoms with Crippen molar-refractivity contribution in [2.75, 3.05) is 13.2 Å². The molecule has 2 fully saturated rings. The Hall–Kier alpha value is -1.73. The predicted molar refractivity (Wildman–Crippen MR) is 104 cm³/mol. The van der Waals surface area contributed by atoms with Crippen molar-refractivity contribution in [1.29, 1.82) is 0 Å². The molecule has 2 amide bonds. The van der Waals surface area contributed by atoms with E-state index >= 15 is 0 Å². The normalized spacial score (nSPS) is 23.3. The Balaban J connectivity index is 1.78. The molecule has 3 rings (SSSR count). The van der Waals surface area contributed by atoms with Gasteiger partial charge in [0.25, 0.3) is 5.91 Å². The Bertz CT molecular complexity index is 736. The van der Waals surface area contributed by atoms with Gasteiger partial charge in [-0.3, -0.25) is 14.4 Å². The number of fused-ring (bicyclic) bond motifs is 1. The lowest BCUT2D eigenvalue weighted by Crippen LogP contribution is -2.58. The molecule has 7 heteroatoms. The van der Waals surface area contributed by atoms with Gasteiger partial charge >= 0.3 is 0 Å². The first-order valence-electron chi connectivity index (χ1n) is 9.38. The summed E-state index contributed by atoms with van der Waals surface area (Å²) >= 11 is 3.36. The zero-order valence-electron chi connectivity index (χ0n) is 15.6. The molecule has 2 heterocycles. The highest BCUT2D eigenvalue weighted by Crippen LogP contribution is 2.27. The van der Waals surface area contributed by atoms with Crippen molar-refractivity contribution in [2.24, 2.45) is 5.92 Å². The molecule has 3 atom stereocenters. The fourth-order valence-electron chi connectivity index (χ4n) is 3.80. The summed E-state index contributed by atoms with van der Waals surface area (Å²) in [4.78, 5) is 39.8. The number of carbonyl (C=O) groups is 3. The predicted octanol–water partition coefficient (Wildman–Crippen LogP) is 2.55. The number of ether oxygens (including phenoxy) is 1. The van der Waals surface area contributed by atoms with E-state index in [0.29, 0.717) is 18.5 Å². The van der Waals surface area contributed by atoms with Gasteiger partial charge in [-0.25, -0.2) is 0 Å². The van der Waals surface area contributed by atoms with Crippen LogP contribution in [-0.2, 0) is 14.3 Å². The molecule has 0 aliphatic carbocycles. The molecule has 0 bridgehead atoms. The van der Waals surface area contributed by atoms with Crippen molar-refractivity contribution >= 4 is 33.5 Å². The highest BCUT2D eigenvalue weighted by Gasteiger charge is 2.45. The number of ketones is 1. The Kier molecular flexibility index (Phi) is 6.32. The molecule has 0 aromatic heterocycles. The largest absolute Gasteiger partial charge is 0.368 e. The third kappa shape index (κ3) is 4.58. The zero-order valence-corrected chi connectivity index (χ0v) is 17.2. The van der Waals surface area contributed by atoms with Crippen LogP contribution in [-0.4, -0.2) is 53.8 Å². The monoisotopic (exact) mass is 436 g/mol. The first-order chi connectivity index (χ1) is 12.9. The molecule has 1 aromatic carbocycles. The minimum atomic E-state index is -0.663. The van der Waals surface area contributed by atoms with Crippen LogP contribution in [0.25, 0.3) is 0 Å². The lowest BCUT2D eigenvalue weighted by Gasteiger charge is -2.37. The summed E-state index contributed by atoms with van der Waals surface area (Å²) in [6.45, 7) is 4.61. The molecule has 0 radical (unpaired) electrons. The standard InChI is InChI=1S/C20H25BrN2O4/c1-12(2)9-15(22-19(25)13-5-3-6-14(21)10-13)20(26)23-8-4-7-17-18(23)16(24)11-27-17/h3,5-6,10,12,15,17-18H,4,7-9,11H2,1-2H3,(H,22,25). The molecule has 0 saturated carbocycles. The van der Waals surface area contributed by atoms with Gasteiger partial charge in [-0.05, 0) is 43.4 Å². The third-order valence-corrected chi connectivity index (χ3v) is 5.52. The van der Waals surface area contributed by atoms with Crippen LogP contribution >= 0.6 is 15.9 Å². The van der Waals surface area contributed by atoms with E-state index in [-0.39, 0.29) is 36.2 Å². The average molecular weight is 437 g/mol. The molecule has 2 saturated heterocycles. The molecule has 0 spiro atoms. The van der Waals surface area contributed by atoms with Crippen molar-refractivity contribution < 1.29 is 19.1 Å². The topological polar surface area (TPSA) is 75.7 Å². The van der Waals surface area contributed by atoms with Crippen LogP contribution in [0.1, 0.15) is 43.5 Å². The van der Waals surface area contributed by atoms with Gasteiger partial charge in [-0.15, -0.1) is 0 Å². The van der Waals surface area contributed by atoms with Crippen LogP contribution in [0.2, 0.25) is 0 Å². The van der Waals surface area contributed by atoms with E-state index < -0.39 is 12.1 Å². The maximum atomic E-state index is 13.2. The van der Waals surface area contributed by atoms with Crippen molar-refractivity contribution in [3.8, 4) is 0 Å². The van der Waals surface area contributed by atoms with E-state index in [1.807, 2.05) is 19.9 Å². The molecule has 1 N–H and O–H groups in total. The molecule has 2 aliphatic rings. The van der Waals surface area contributed by atoms with Gasteiger partial charge in [-0.1, -0.05) is 35.8 Å². The minimum Gasteiger partial charge on any atom is -0.368 e. The molecule has 6 nitrogen and oxygen atoms in total. The highest BCUT2D eigenvalue weighted by molar-refractivity contribution is 9.10. The van der Waals surface area contributed by atoms with Crippen molar-refractivity contribution in [3.63, 3.8) is 0 Å². The Morgan fingerprint density at radius 1 is 1.37 bits per heavy atom. The quantitative estimate of drug-likeness (QED) is 0.769. The SMILES string of the molecule is CC(C)CC(NC(=O)c1cccc(Br)c1)C(=O)N1CCCC2OCC(=O)C21. The molecular formula is C20H25BrN2O4. The van der Waals surface area contributed by atoms with E-state index in [1.165, 1.54) is 0 Å². The number of piperidine rings is 1. The fraction of sp³-hybridized carbons (Fsp3) is 0.550. The maximum absolute atomic E-state index is 13.2. The summed E-state index contributed by atoms with van der Waals surface area (Å²) in [6, 6.07) is 5.88. The van der Waals surface area contributed by atoms with E-state index in [2.05, 4.69) is 21.2 Å². The van der Waals surface area contributed by atoms with Gasteiger partial charge in [-0.2, -0.15) is 0 Å². The number of amides is 2. The minimum absolute atomic E-state index is 0.0466. The summed E-state index contributed by atoms with van der Waals surface area (Å²) in [5.74, 6) is -0.314. The average Bonchev–Trinajstić information content (AvgIpc) is 3.01. The van der Waals surface area contributed by atoms with Crippen molar-refractivity contribution in [3.05, 3.63) is 34.3 Å². The van der Waals surface area contributed by atoms with E-state index in [9.17, 15) is 14.4 Å². The molecule has 27 heavy (non-hydrogen) atoms. The lowest BCUT2D eigenvalue weighted by molar-refractivity contribution is -0.142. The number of benzene rings is 1. The molecular weight excluding hydrogens is 412 g/mol. The number of hydrogen-bond acceptors (Lipinski definition) is 4. The Labute approximate surface area is 167 Å². The molecule has 2 aliphatic heterocycles. The first-order valence-corrected chi connectivity index (χ1v) is 10.2.